The van der Waals surface area contributed by atoms with Crippen LogP contribution in [0.1, 0.15) is 39.0 Å². The van der Waals surface area contributed by atoms with Gasteiger partial charge >= 0.3 is 0 Å². The first kappa shape index (κ1) is 14.4. The summed E-state index contributed by atoms with van der Waals surface area (Å²) in [5.41, 5.74) is -0.729. The van der Waals surface area contributed by atoms with Gasteiger partial charge in [0.25, 0.3) is 5.91 Å². The van der Waals surface area contributed by atoms with Gasteiger partial charge in [-0.15, -0.1) is 0 Å². The quantitative estimate of drug-likeness (QED) is 0.830. The minimum Gasteiger partial charge on any atom is -0.491 e. The number of rotatable bonds is 3. The molecule has 0 radical (unpaired) electrons. The highest BCUT2D eigenvalue weighted by molar-refractivity contribution is 5.92. The maximum absolute atomic E-state index is 12.3. The van der Waals surface area contributed by atoms with Crippen molar-refractivity contribution in [3.63, 3.8) is 0 Å². The third-order valence-corrected chi connectivity index (χ3v) is 6.26. The van der Waals surface area contributed by atoms with Gasteiger partial charge < -0.3 is 19.9 Å². The standard InChI is InChI=1S/C17H25NO4/c1-10-15(22-3-2-21-10)16(19)18-9-17(20)13-5-11-4-12(7-13)8-14(17)6-11/h11-14,20H,2-9H2,1H3,(H,18,19). The molecule has 0 spiro atoms. The van der Waals surface area contributed by atoms with Crippen molar-refractivity contribution in [2.75, 3.05) is 19.8 Å². The fourth-order valence-corrected chi connectivity index (χ4v) is 5.32. The lowest BCUT2D eigenvalue weighted by Crippen LogP contribution is -2.62. The molecule has 0 atom stereocenters. The van der Waals surface area contributed by atoms with Crippen LogP contribution in [0, 0.1) is 23.7 Å². The lowest BCUT2D eigenvalue weighted by atomic mass is 9.50. The zero-order chi connectivity index (χ0) is 15.3. The fourth-order valence-electron chi connectivity index (χ4n) is 5.32. The molecule has 2 N–H and O–H groups in total. The molecule has 0 aromatic carbocycles. The summed E-state index contributed by atoms with van der Waals surface area (Å²) in [5, 5.41) is 14.1. The molecule has 0 aromatic rings. The van der Waals surface area contributed by atoms with Crippen LogP contribution in [0.4, 0.5) is 0 Å². The van der Waals surface area contributed by atoms with Gasteiger partial charge in [-0.05, 0) is 62.7 Å². The molecular formula is C17H25NO4. The van der Waals surface area contributed by atoms with Crippen LogP contribution in [0.5, 0.6) is 0 Å². The van der Waals surface area contributed by atoms with E-state index >= 15 is 0 Å². The van der Waals surface area contributed by atoms with E-state index in [-0.39, 0.29) is 11.7 Å². The summed E-state index contributed by atoms with van der Waals surface area (Å²) >= 11 is 0. The van der Waals surface area contributed by atoms with E-state index in [0.717, 1.165) is 37.5 Å². The Morgan fingerprint density at radius 1 is 1.14 bits per heavy atom. The molecule has 0 unspecified atom stereocenters. The zero-order valence-electron chi connectivity index (χ0n) is 13.1. The van der Waals surface area contributed by atoms with Gasteiger partial charge in [-0.1, -0.05) is 0 Å². The smallest absolute Gasteiger partial charge is 0.290 e. The lowest BCUT2D eigenvalue weighted by Gasteiger charge is -2.58. The average molecular weight is 307 g/mol. The summed E-state index contributed by atoms with van der Waals surface area (Å²) in [6.45, 7) is 2.96. The number of aliphatic hydroxyl groups is 1. The highest BCUT2D eigenvalue weighted by Crippen LogP contribution is 2.58. The van der Waals surface area contributed by atoms with Crippen LogP contribution in [0.25, 0.3) is 0 Å². The Hall–Kier alpha value is -1.23. The van der Waals surface area contributed by atoms with Crippen molar-refractivity contribution >= 4 is 5.91 Å². The summed E-state index contributed by atoms with van der Waals surface area (Å²) < 4.78 is 10.8. The van der Waals surface area contributed by atoms with Gasteiger partial charge in [-0.2, -0.15) is 0 Å². The Labute approximate surface area is 131 Å². The van der Waals surface area contributed by atoms with Crippen LogP contribution in [0.2, 0.25) is 0 Å². The van der Waals surface area contributed by atoms with Gasteiger partial charge in [-0.3, -0.25) is 4.79 Å². The first-order valence-corrected chi connectivity index (χ1v) is 8.53. The van der Waals surface area contributed by atoms with E-state index in [1.807, 2.05) is 0 Å². The summed E-state index contributed by atoms with van der Waals surface area (Å²) in [7, 11) is 0. The number of hydrogen-bond donors (Lipinski definition) is 2. The van der Waals surface area contributed by atoms with Crippen LogP contribution < -0.4 is 5.32 Å². The van der Waals surface area contributed by atoms with Crippen molar-refractivity contribution in [2.24, 2.45) is 23.7 Å². The number of nitrogens with one attached hydrogen (secondary N) is 1. The maximum Gasteiger partial charge on any atom is 0.290 e. The van der Waals surface area contributed by atoms with Gasteiger partial charge in [0.2, 0.25) is 5.76 Å². The molecule has 4 fully saturated rings. The SMILES string of the molecule is CC1=C(C(=O)NCC2(O)C3CC4CC(C3)CC2C4)OCCO1. The number of hydrogen-bond acceptors (Lipinski definition) is 4. The summed E-state index contributed by atoms with van der Waals surface area (Å²) in [4.78, 5) is 12.3. The molecule has 1 heterocycles. The molecule has 22 heavy (non-hydrogen) atoms. The average Bonchev–Trinajstić information content (AvgIpc) is 2.50. The number of amides is 1. The highest BCUT2D eigenvalue weighted by Gasteiger charge is 2.56. The monoisotopic (exact) mass is 307 g/mol. The first-order valence-electron chi connectivity index (χ1n) is 8.53. The van der Waals surface area contributed by atoms with Crippen LogP contribution in [-0.4, -0.2) is 36.4 Å². The Balaban J connectivity index is 1.44. The van der Waals surface area contributed by atoms with Crippen LogP contribution in [0.15, 0.2) is 11.5 Å². The largest absolute Gasteiger partial charge is 0.491 e. The lowest BCUT2D eigenvalue weighted by molar-refractivity contribution is -0.171. The first-order chi connectivity index (χ1) is 10.6. The van der Waals surface area contributed by atoms with Crippen molar-refractivity contribution < 1.29 is 19.4 Å². The van der Waals surface area contributed by atoms with E-state index in [4.69, 9.17) is 9.47 Å². The Morgan fingerprint density at radius 3 is 2.32 bits per heavy atom. The highest BCUT2D eigenvalue weighted by atomic mass is 16.6. The molecular weight excluding hydrogens is 282 g/mol. The Bertz CT molecular complexity index is 485. The molecule has 5 nitrogen and oxygen atoms in total. The van der Waals surface area contributed by atoms with Crippen molar-refractivity contribution in [1.82, 2.24) is 5.32 Å². The van der Waals surface area contributed by atoms with E-state index in [9.17, 15) is 9.90 Å². The normalized spacial score (nSPS) is 42.8. The van der Waals surface area contributed by atoms with Crippen LogP contribution in [0.3, 0.4) is 0 Å². The zero-order valence-corrected chi connectivity index (χ0v) is 13.1. The van der Waals surface area contributed by atoms with Gasteiger partial charge in [0.05, 0.1) is 5.60 Å². The molecule has 122 valence electrons. The Morgan fingerprint density at radius 2 is 1.73 bits per heavy atom. The summed E-state index contributed by atoms with van der Waals surface area (Å²) in [6, 6.07) is 0. The van der Waals surface area contributed by atoms with E-state index < -0.39 is 5.60 Å². The van der Waals surface area contributed by atoms with E-state index in [2.05, 4.69) is 5.32 Å². The molecule has 1 amide bonds. The number of allylic oxidation sites excluding steroid dienone is 1. The second-order valence-electron chi connectivity index (χ2n) is 7.56. The van der Waals surface area contributed by atoms with Crippen molar-refractivity contribution in [3.8, 4) is 0 Å². The minimum atomic E-state index is -0.729. The fraction of sp³-hybridized carbons (Fsp3) is 0.824. The second kappa shape index (κ2) is 5.15. The predicted octanol–water partition coefficient (Wildman–Crippen LogP) is 1.57. The Kier molecular flexibility index (Phi) is 3.36. The molecule has 4 bridgehead atoms. The number of carbonyl (C=O) groups excluding carboxylic acids is 1. The number of carbonyl (C=O) groups is 1. The molecule has 4 saturated carbocycles. The topological polar surface area (TPSA) is 67.8 Å². The number of ether oxygens (including phenoxy) is 2. The van der Waals surface area contributed by atoms with Gasteiger partial charge in [-0.25, -0.2) is 0 Å². The molecule has 4 aliphatic carbocycles. The van der Waals surface area contributed by atoms with Crippen LogP contribution >= 0.6 is 0 Å². The third kappa shape index (κ3) is 2.21. The van der Waals surface area contributed by atoms with Crippen molar-refractivity contribution in [3.05, 3.63) is 11.5 Å². The maximum atomic E-state index is 12.3. The minimum absolute atomic E-state index is 0.263. The van der Waals surface area contributed by atoms with Crippen LogP contribution in [-0.2, 0) is 14.3 Å². The van der Waals surface area contributed by atoms with E-state index in [1.165, 1.54) is 6.42 Å². The summed E-state index contributed by atoms with van der Waals surface area (Å²) in [6.07, 6.45) is 5.86. The molecule has 5 rings (SSSR count). The van der Waals surface area contributed by atoms with Crippen molar-refractivity contribution in [2.45, 2.75) is 44.6 Å². The third-order valence-electron chi connectivity index (χ3n) is 6.26. The molecule has 1 aliphatic heterocycles. The predicted molar refractivity (Wildman–Crippen MR) is 79.6 cm³/mol. The molecule has 5 heteroatoms. The van der Waals surface area contributed by atoms with E-state index in [1.54, 1.807) is 6.92 Å². The summed E-state index contributed by atoms with van der Waals surface area (Å²) in [5.74, 6) is 2.83. The molecule has 0 aromatic heterocycles. The van der Waals surface area contributed by atoms with Gasteiger partial charge in [0, 0.05) is 6.54 Å². The van der Waals surface area contributed by atoms with Crippen molar-refractivity contribution in [1.29, 1.82) is 0 Å². The van der Waals surface area contributed by atoms with Gasteiger partial charge in [0.1, 0.15) is 19.0 Å². The molecule has 5 aliphatic rings. The van der Waals surface area contributed by atoms with Gasteiger partial charge in [0.15, 0.2) is 0 Å². The van der Waals surface area contributed by atoms with E-state index in [0.29, 0.717) is 37.4 Å². The second-order valence-corrected chi connectivity index (χ2v) is 7.56. The molecule has 0 saturated heterocycles.